The largest absolute Gasteiger partial charge is 0.497 e. The van der Waals surface area contributed by atoms with Gasteiger partial charge in [0.2, 0.25) is 11.9 Å². The van der Waals surface area contributed by atoms with Crippen molar-refractivity contribution in [3.05, 3.63) is 72.1 Å². The summed E-state index contributed by atoms with van der Waals surface area (Å²) in [7, 11) is 3.30. The Morgan fingerprint density at radius 3 is 1.46 bits per heavy atom. The number of fused-ring (bicyclic) bond motifs is 2. The molecule has 10 N–H and O–H groups in total. The van der Waals surface area contributed by atoms with Crippen LogP contribution in [0.4, 0.5) is 0 Å². The number of guanidine groups is 2. The smallest absolute Gasteiger partial charge is 0.328 e. The van der Waals surface area contributed by atoms with E-state index in [2.05, 4.69) is 54.9 Å². The summed E-state index contributed by atoms with van der Waals surface area (Å²) in [5.74, 6) is -0.215. The first-order valence-corrected chi connectivity index (χ1v) is 16.7. The quantitative estimate of drug-likeness (QED) is 0.0255. The highest BCUT2D eigenvalue weighted by atomic mass is 16.5. The fourth-order valence-electron chi connectivity index (χ4n) is 4.38. The zero-order chi connectivity index (χ0) is 38.1. The minimum absolute atomic E-state index is 0.338. The number of aliphatic carboxylic acids is 2. The third kappa shape index (κ3) is 15.9. The van der Waals surface area contributed by atoms with Crippen molar-refractivity contribution in [1.82, 2.24) is 20.8 Å². The van der Waals surface area contributed by atoms with Crippen LogP contribution in [0.1, 0.15) is 63.5 Å². The number of methoxy groups -OCH3 is 2. The molecule has 2 heterocycles. The molecule has 0 unspecified atom stereocenters. The van der Waals surface area contributed by atoms with Crippen LogP contribution in [0, 0.1) is 0 Å². The normalized spacial score (nSPS) is 11.8. The van der Waals surface area contributed by atoms with E-state index in [1.165, 1.54) is 12.8 Å². The van der Waals surface area contributed by atoms with Gasteiger partial charge in [-0.2, -0.15) is 10.2 Å². The van der Waals surface area contributed by atoms with Gasteiger partial charge in [-0.3, -0.25) is 9.98 Å². The average molecular weight is 719 g/mol. The topological polar surface area (TPSA) is 250 Å². The number of carbonyl (C=O) groups is 2. The van der Waals surface area contributed by atoms with Crippen LogP contribution in [0.25, 0.3) is 21.8 Å². The Hall–Kier alpha value is -6.32. The maximum absolute atomic E-state index is 9.55. The van der Waals surface area contributed by atoms with Gasteiger partial charge in [0.25, 0.3) is 0 Å². The van der Waals surface area contributed by atoms with E-state index in [-0.39, 0.29) is 0 Å². The van der Waals surface area contributed by atoms with E-state index in [4.69, 9.17) is 31.2 Å². The number of rotatable bonds is 16. The van der Waals surface area contributed by atoms with E-state index in [0.717, 1.165) is 83.2 Å². The number of nitrogens with zero attached hydrogens (tertiary/aromatic N) is 4. The lowest BCUT2D eigenvalue weighted by molar-refractivity contribution is -0.134. The van der Waals surface area contributed by atoms with Gasteiger partial charge in [0, 0.05) is 70.6 Å². The fourth-order valence-corrected chi connectivity index (χ4v) is 4.38. The second-order valence-corrected chi connectivity index (χ2v) is 11.0. The lowest BCUT2D eigenvalue weighted by atomic mass is 10.2. The summed E-state index contributed by atoms with van der Waals surface area (Å²) in [5.41, 5.74) is 21.0. The van der Waals surface area contributed by atoms with Crippen LogP contribution in [0.5, 0.6) is 11.5 Å². The van der Waals surface area contributed by atoms with E-state index in [0.29, 0.717) is 24.1 Å². The number of benzene rings is 2. The fraction of sp³-hybridized carbons (Fsp3) is 0.333. The van der Waals surface area contributed by atoms with Crippen LogP contribution in [-0.4, -0.2) is 83.8 Å². The zero-order valence-electron chi connectivity index (χ0n) is 30.1. The number of aromatic nitrogens is 2. The molecule has 2 aromatic heterocycles. The van der Waals surface area contributed by atoms with Crippen LogP contribution >= 0.6 is 0 Å². The van der Waals surface area contributed by atoms with Gasteiger partial charge in [-0.25, -0.2) is 20.4 Å². The maximum Gasteiger partial charge on any atom is 0.328 e. The first kappa shape index (κ1) is 41.8. The number of H-pyrrole nitrogens is 2. The molecule has 0 saturated carbocycles. The van der Waals surface area contributed by atoms with Crippen molar-refractivity contribution in [3.8, 4) is 11.5 Å². The highest BCUT2D eigenvalue weighted by molar-refractivity contribution is 6.00. The van der Waals surface area contributed by atoms with E-state index >= 15 is 0 Å². The van der Waals surface area contributed by atoms with Crippen LogP contribution in [0.2, 0.25) is 0 Å². The number of carboxylic acids is 2. The number of unbranched alkanes of at least 4 members (excludes halogenated alkanes) is 4. The minimum Gasteiger partial charge on any atom is -0.497 e. The maximum atomic E-state index is 9.55. The Kier molecular flexibility index (Phi) is 19.3. The van der Waals surface area contributed by atoms with E-state index in [1.807, 2.05) is 48.8 Å². The molecule has 0 aliphatic rings. The molecule has 280 valence electrons. The molecular weight excluding hydrogens is 668 g/mol. The predicted molar refractivity (Wildman–Crippen MR) is 208 cm³/mol. The van der Waals surface area contributed by atoms with Gasteiger partial charge in [-0.05, 0) is 49.2 Å². The first-order valence-electron chi connectivity index (χ1n) is 16.7. The van der Waals surface area contributed by atoms with Crippen LogP contribution in [-0.2, 0) is 9.59 Å². The van der Waals surface area contributed by atoms with Gasteiger partial charge in [0.1, 0.15) is 11.5 Å². The summed E-state index contributed by atoms with van der Waals surface area (Å²) in [6.07, 6.45) is 15.1. The number of carboxylic acid groups (broad SMARTS) is 2. The van der Waals surface area contributed by atoms with Crippen molar-refractivity contribution < 1.29 is 29.3 Å². The van der Waals surface area contributed by atoms with Gasteiger partial charge < -0.3 is 41.1 Å². The Morgan fingerprint density at radius 2 is 1.12 bits per heavy atom. The molecule has 0 saturated heterocycles. The summed E-state index contributed by atoms with van der Waals surface area (Å²) < 4.78 is 10.5. The molecule has 16 nitrogen and oxygen atoms in total. The molecular formula is C36H50N10O6. The molecule has 52 heavy (non-hydrogen) atoms. The molecule has 0 atom stereocenters. The molecule has 0 amide bonds. The molecule has 0 spiro atoms. The standard InChI is InChI=1S/2C16H23N5O.C4H4O4/c2*1-3-4-5-8-18-16(17)21-20-11-12-10-19-15-7-6-13(22-2)9-14(12)15;5-3(6)1-2-4(7)8/h2*6-7,9-11,19H,3-5,8H2,1-2H3,(H3,17,18,21);1-2H,(H,5,6)(H,7,8)/b2*20-11-;2-1-. The van der Waals surface area contributed by atoms with Crippen molar-refractivity contribution >= 4 is 58.1 Å². The van der Waals surface area contributed by atoms with Crippen molar-refractivity contribution in [3.63, 3.8) is 0 Å². The Labute approximate surface area is 302 Å². The molecule has 4 aromatic rings. The highest BCUT2D eigenvalue weighted by Crippen LogP contribution is 2.23. The second kappa shape index (κ2) is 23.9. The Balaban J connectivity index is 0.000000299. The minimum atomic E-state index is -1.26. The van der Waals surface area contributed by atoms with Crippen molar-refractivity contribution in [2.45, 2.75) is 52.4 Å². The number of hydrogen-bond acceptors (Lipinski definition) is 8. The molecule has 0 fully saturated rings. The summed E-state index contributed by atoms with van der Waals surface area (Å²) in [6, 6.07) is 11.7. The lowest BCUT2D eigenvalue weighted by Crippen LogP contribution is -2.27. The van der Waals surface area contributed by atoms with Crippen molar-refractivity contribution in [1.29, 1.82) is 0 Å². The Morgan fingerprint density at radius 1 is 0.712 bits per heavy atom. The number of aliphatic imine (C=N–C) groups is 2. The monoisotopic (exact) mass is 718 g/mol. The third-order valence-electron chi connectivity index (χ3n) is 7.06. The second-order valence-electron chi connectivity index (χ2n) is 11.0. The molecule has 16 heteroatoms. The highest BCUT2D eigenvalue weighted by Gasteiger charge is 2.04. The molecule has 4 rings (SSSR count). The molecule has 0 aliphatic carbocycles. The van der Waals surface area contributed by atoms with E-state index in [9.17, 15) is 9.59 Å². The van der Waals surface area contributed by atoms with Gasteiger partial charge in [0.05, 0.1) is 26.6 Å². The number of hydrazone groups is 2. The predicted octanol–water partition coefficient (Wildman–Crippen LogP) is 4.92. The van der Waals surface area contributed by atoms with Crippen molar-refractivity contribution in [2.24, 2.45) is 31.7 Å². The van der Waals surface area contributed by atoms with Crippen molar-refractivity contribution in [2.75, 3.05) is 27.3 Å². The number of ether oxygens (including phenoxy) is 2. The number of nitrogens with two attached hydrogens (primary N) is 2. The molecule has 2 aromatic carbocycles. The lowest BCUT2D eigenvalue weighted by Gasteiger charge is -2.00. The van der Waals surface area contributed by atoms with Gasteiger partial charge in [-0.15, -0.1) is 0 Å². The molecule has 0 bridgehead atoms. The van der Waals surface area contributed by atoms with Crippen LogP contribution in [0.15, 0.2) is 81.1 Å². The summed E-state index contributed by atoms with van der Waals surface area (Å²) >= 11 is 0. The third-order valence-corrected chi connectivity index (χ3v) is 7.06. The van der Waals surface area contributed by atoms with Gasteiger partial charge in [0.15, 0.2) is 0 Å². The van der Waals surface area contributed by atoms with E-state index < -0.39 is 11.9 Å². The van der Waals surface area contributed by atoms with Gasteiger partial charge >= 0.3 is 11.9 Å². The zero-order valence-corrected chi connectivity index (χ0v) is 30.1. The summed E-state index contributed by atoms with van der Waals surface area (Å²) in [4.78, 5) is 33.9. The van der Waals surface area contributed by atoms with Crippen LogP contribution in [0.3, 0.4) is 0 Å². The number of hydrogen-bond donors (Lipinski definition) is 8. The first-order chi connectivity index (χ1) is 25.1. The average Bonchev–Trinajstić information content (AvgIpc) is 3.74. The number of nitrogens with one attached hydrogen (secondary N) is 4. The summed E-state index contributed by atoms with van der Waals surface area (Å²) in [6.45, 7) is 5.77. The number of aromatic amines is 2. The van der Waals surface area contributed by atoms with Crippen LogP contribution < -0.4 is 31.8 Å². The SMILES string of the molecule is CCCCCN=C(N)N/N=C\c1c[nH]c2ccc(OC)cc12.CCCCCN=C(N)N/N=C\c1c[nH]c2ccc(OC)cc12.O=C(O)/C=C\C(=O)O. The molecule has 0 aliphatic heterocycles. The van der Waals surface area contributed by atoms with Gasteiger partial charge in [-0.1, -0.05) is 39.5 Å². The molecule has 0 radical (unpaired) electrons. The summed E-state index contributed by atoms with van der Waals surface area (Å²) in [5, 5.41) is 26.0. The van der Waals surface area contributed by atoms with E-state index in [1.54, 1.807) is 26.6 Å². The Bertz CT molecular complexity index is 1710.